The number of hydrogen-bond donors (Lipinski definition) is 1. The number of halogens is 1. The van der Waals surface area contributed by atoms with Crippen LogP contribution in [0.15, 0.2) is 47.5 Å². The van der Waals surface area contributed by atoms with Gasteiger partial charge in [0.05, 0.1) is 40.0 Å². The van der Waals surface area contributed by atoms with E-state index in [1.165, 1.54) is 43.2 Å². The van der Waals surface area contributed by atoms with Crippen molar-refractivity contribution in [1.82, 2.24) is 4.57 Å². The van der Waals surface area contributed by atoms with Crippen LogP contribution in [0.1, 0.15) is 50.4 Å². The molecule has 1 aromatic heterocycles. The van der Waals surface area contributed by atoms with E-state index in [2.05, 4.69) is 48.7 Å². The molecule has 2 aromatic carbocycles. The summed E-state index contributed by atoms with van der Waals surface area (Å²) in [5.74, 6) is 1.77. The second-order valence-electron chi connectivity index (χ2n) is 8.48. The Balaban J connectivity index is 0.000000623. The second kappa shape index (κ2) is 11.9. The fraction of sp³-hybridized carbons (Fsp3) is 0.423. The van der Waals surface area contributed by atoms with Gasteiger partial charge in [-0.1, -0.05) is 31.4 Å². The number of aryl methyl sites for hydroxylation is 2. The van der Waals surface area contributed by atoms with Gasteiger partial charge in [-0.15, -0.1) is 0 Å². The maximum Gasteiger partial charge on any atom is 0.129 e. The molecule has 9 heteroatoms. The molecule has 1 N–H and O–H groups in total. The van der Waals surface area contributed by atoms with Gasteiger partial charge in [-0.05, 0) is 57.9 Å². The maximum absolute atomic E-state index is 8.60. The molecular weight excluding hydrogens is 472 g/mol. The second-order valence-corrected chi connectivity index (χ2v) is 9.27. The topological polar surface area (TPSA) is 125 Å². The first-order valence-electron chi connectivity index (χ1n) is 11.7. The molecule has 3 aromatic rings. The average molecular weight is 505 g/mol. The lowest BCUT2D eigenvalue weighted by molar-refractivity contribution is -1.92. The number of methoxy groups -OCH3 is 1. The Labute approximate surface area is 207 Å². The Morgan fingerprint density at radius 1 is 1.00 bits per heavy atom. The Bertz CT molecular complexity index is 1210. The van der Waals surface area contributed by atoms with E-state index in [1.807, 2.05) is 19.1 Å². The van der Waals surface area contributed by atoms with Crippen molar-refractivity contribution in [3.8, 4) is 17.2 Å². The van der Waals surface area contributed by atoms with E-state index in [1.54, 1.807) is 7.11 Å². The van der Waals surface area contributed by atoms with Gasteiger partial charge in [-0.25, -0.2) is 0 Å². The first kappa shape index (κ1) is 27.0. The average Bonchev–Trinajstić information content (AvgIpc) is 2.94. The summed E-state index contributed by atoms with van der Waals surface area (Å²) in [6.07, 6.45) is 6.27. The quantitative estimate of drug-likeness (QED) is 0.564. The molecule has 8 nitrogen and oxygen atoms in total. The Kier molecular flexibility index (Phi) is 9.15. The highest BCUT2D eigenvalue weighted by Gasteiger charge is 2.19. The van der Waals surface area contributed by atoms with Crippen molar-refractivity contribution >= 4 is 10.8 Å². The molecule has 1 aliphatic rings. The summed E-state index contributed by atoms with van der Waals surface area (Å²) in [5, 5.41) is 3.41. The lowest BCUT2D eigenvalue weighted by Crippen LogP contribution is -2.58. The van der Waals surface area contributed by atoms with Crippen LogP contribution in [-0.2, 0) is 0 Å². The Morgan fingerprint density at radius 3 is 2.26 bits per heavy atom. The Morgan fingerprint density at radius 2 is 1.63 bits per heavy atom. The van der Waals surface area contributed by atoms with Gasteiger partial charge in [-0.3, -0.25) is 4.99 Å². The molecule has 1 aliphatic carbocycles. The van der Waals surface area contributed by atoms with Crippen LogP contribution >= 0.6 is 0 Å². The highest BCUT2D eigenvalue weighted by atomic mass is 35.7. The number of nitrogens with zero attached hydrogens (tertiary/aromatic N) is 2. The molecule has 0 radical (unpaired) electrons. The van der Waals surface area contributed by atoms with Crippen molar-refractivity contribution in [2.45, 2.75) is 58.9 Å². The van der Waals surface area contributed by atoms with Crippen LogP contribution in [0.3, 0.4) is 0 Å². The summed E-state index contributed by atoms with van der Waals surface area (Å²) in [6.45, 7) is 7.02. The number of ether oxygens (including phenoxy) is 2. The summed E-state index contributed by atoms with van der Waals surface area (Å²) in [7, 11) is -2.99. The summed E-state index contributed by atoms with van der Waals surface area (Å²) in [6, 6.07) is 15.0. The highest BCUT2D eigenvalue weighted by Crippen LogP contribution is 2.33. The third-order valence-electron chi connectivity index (χ3n) is 6.16. The van der Waals surface area contributed by atoms with Crippen molar-refractivity contribution in [3.05, 3.63) is 59.2 Å². The molecule has 0 spiro atoms. The van der Waals surface area contributed by atoms with E-state index in [0.29, 0.717) is 12.6 Å². The molecule has 1 fully saturated rings. The van der Waals surface area contributed by atoms with Gasteiger partial charge < -0.3 is 14.0 Å². The normalized spacial score (nSPS) is 15.0. The van der Waals surface area contributed by atoms with Gasteiger partial charge in [0.25, 0.3) is 0 Å². The lowest BCUT2D eigenvalue weighted by Gasteiger charge is -2.17. The zero-order chi connectivity index (χ0) is 25.6. The van der Waals surface area contributed by atoms with Crippen LogP contribution < -0.4 is 28.8 Å². The minimum Gasteiger partial charge on any atom is -0.497 e. The molecule has 0 bridgehead atoms. The van der Waals surface area contributed by atoms with Crippen LogP contribution in [0, 0.1) is 24.1 Å². The Hall–Kier alpha value is -2.62. The molecular formula is C26H33ClN2O6. The first-order valence-corrected chi connectivity index (χ1v) is 13.0. The van der Waals surface area contributed by atoms with Gasteiger partial charge in [0.2, 0.25) is 0 Å². The van der Waals surface area contributed by atoms with Gasteiger partial charge in [-0.2, -0.15) is 14.0 Å². The van der Waals surface area contributed by atoms with Crippen LogP contribution in [-0.4, -0.2) is 29.0 Å². The predicted octanol–water partition coefficient (Wildman–Crippen LogP) is 1.76. The molecule has 0 amide bonds. The molecule has 0 saturated heterocycles. The van der Waals surface area contributed by atoms with Crippen LogP contribution in [0.5, 0.6) is 11.5 Å². The molecule has 0 atom stereocenters. The molecule has 35 heavy (non-hydrogen) atoms. The van der Waals surface area contributed by atoms with Crippen LogP contribution in [0.2, 0.25) is 0 Å². The van der Waals surface area contributed by atoms with Gasteiger partial charge in [0, 0.05) is 33.9 Å². The number of rotatable bonds is 5. The maximum atomic E-state index is 8.60. The van der Waals surface area contributed by atoms with E-state index in [-0.39, 0.29) is 0 Å². The number of benzene rings is 1. The SMILES string of the molecule is CCOc1cccc(=NC2CCCCC2)c2c(C)n(-c3cccc(OC)c3)c(C)c12.[O-][Cl+3]([O-])([O-])O. The zero-order valence-electron chi connectivity index (χ0n) is 20.6. The van der Waals surface area contributed by atoms with Gasteiger partial charge in [0.1, 0.15) is 11.5 Å². The van der Waals surface area contributed by atoms with Crippen molar-refractivity contribution in [1.29, 1.82) is 0 Å². The standard InChI is InChI=1S/C26H32N2O2.ClHO4/c1-5-30-24-16-10-15-23(27-20-11-7-6-8-12-20)25-18(2)28(19(3)26(24)25)21-13-9-14-22(17-21)29-4;2-1(3,4)5/h9-10,13-17,20H,5-8,11-12H2,1-4H3;(H,2,3,4,5). The van der Waals surface area contributed by atoms with Crippen molar-refractivity contribution in [2.24, 2.45) is 4.99 Å². The van der Waals surface area contributed by atoms with Crippen molar-refractivity contribution < 1.29 is 38.4 Å². The third-order valence-corrected chi connectivity index (χ3v) is 6.16. The monoisotopic (exact) mass is 504 g/mol. The summed E-state index contributed by atoms with van der Waals surface area (Å²) in [4.78, 5) is 5.24. The smallest absolute Gasteiger partial charge is 0.129 e. The summed E-state index contributed by atoms with van der Waals surface area (Å²) < 4.78 is 46.6. The van der Waals surface area contributed by atoms with E-state index in [0.717, 1.165) is 33.6 Å². The lowest BCUT2D eigenvalue weighted by atomic mass is 9.96. The molecule has 190 valence electrons. The molecule has 4 rings (SSSR count). The molecule has 1 heterocycles. The van der Waals surface area contributed by atoms with E-state index in [9.17, 15) is 0 Å². The van der Waals surface area contributed by atoms with E-state index < -0.39 is 10.2 Å². The number of aromatic nitrogens is 1. The predicted molar refractivity (Wildman–Crippen MR) is 125 cm³/mol. The van der Waals surface area contributed by atoms with Crippen LogP contribution in [0.25, 0.3) is 16.5 Å². The number of hydrogen-bond acceptors (Lipinski definition) is 7. The first-order chi connectivity index (χ1) is 16.6. The molecule has 0 aliphatic heterocycles. The largest absolute Gasteiger partial charge is 0.497 e. The van der Waals surface area contributed by atoms with Gasteiger partial charge in [0.15, 0.2) is 0 Å². The minimum atomic E-state index is -4.69. The van der Waals surface area contributed by atoms with Crippen LogP contribution in [0.4, 0.5) is 0 Å². The van der Waals surface area contributed by atoms with E-state index in [4.69, 9.17) is 33.1 Å². The molecule has 0 unspecified atom stereocenters. The highest BCUT2D eigenvalue weighted by molar-refractivity contribution is 5.93. The third kappa shape index (κ3) is 6.96. The molecule has 1 saturated carbocycles. The summed E-state index contributed by atoms with van der Waals surface area (Å²) >= 11 is 0. The zero-order valence-corrected chi connectivity index (χ0v) is 21.4. The summed E-state index contributed by atoms with van der Waals surface area (Å²) in [5.41, 5.74) is 3.44. The van der Waals surface area contributed by atoms with Crippen molar-refractivity contribution in [2.75, 3.05) is 13.7 Å². The van der Waals surface area contributed by atoms with Crippen molar-refractivity contribution in [3.63, 3.8) is 0 Å². The number of fused-ring (bicyclic) bond motifs is 1. The van der Waals surface area contributed by atoms with Gasteiger partial charge >= 0.3 is 0 Å². The fourth-order valence-corrected chi connectivity index (χ4v) is 4.77. The van der Waals surface area contributed by atoms with E-state index >= 15 is 0 Å². The fourth-order valence-electron chi connectivity index (χ4n) is 4.77. The minimum absolute atomic E-state index is 0.416.